The van der Waals surface area contributed by atoms with E-state index in [1.165, 1.54) is 6.07 Å². The maximum Gasteiger partial charge on any atom is 0.173 e. The highest BCUT2D eigenvalue weighted by Gasteiger charge is 2.14. The number of hydrogen-bond donors (Lipinski definition) is 1. The van der Waals surface area contributed by atoms with Gasteiger partial charge in [-0.2, -0.15) is 0 Å². The van der Waals surface area contributed by atoms with E-state index in [1.54, 1.807) is 12.1 Å². The van der Waals surface area contributed by atoms with Gasteiger partial charge in [0.2, 0.25) is 0 Å². The number of nitrogens with one attached hydrogen (secondary N) is 1. The van der Waals surface area contributed by atoms with Gasteiger partial charge in [0.25, 0.3) is 0 Å². The van der Waals surface area contributed by atoms with Crippen molar-refractivity contribution in [3.05, 3.63) is 29.0 Å². The van der Waals surface area contributed by atoms with Crippen LogP contribution in [0.1, 0.15) is 6.42 Å². The first-order chi connectivity index (χ1) is 8.77. The van der Waals surface area contributed by atoms with E-state index in [-0.39, 0.29) is 5.75 Å². The van der Waals surface area contributed by atoms with Gasteiger partial charge in [0.15, 0.2) is 11.6 Å². The van der Waals surface area contributed by atoms with Crippen LogP contribution in [-0.2, 0) is 4.74 Å². The van der Waals surface area contributed by atoms with Crippen molar-refractivity contribution >= 4 is 11.6 Å². The molecule has 1 aliphatic heterocycles. The molecule has 5 heteroatoms. The predicted molar refractivity (Wildman–Crippen MR) is 68.7 cm³/mol. The normalized spacial score (nSPS) is 19.1. The minimum atomic E-state index is -0.424. The number of halogens is 2. The van der Waals surface area contributed by atoms with E-state index in [0.717, 1.165) is 26.2 Å². The first kappa shape index (κ1) is 13.6. The molecule has 0 spiro atoms. The molecule has 0 aliphatic carbocycles. The summed E-state index contributed by atoms with van der Waals surface area (Å²) in [6.45, 7) is 3.66. The van der Waals surface area contributed by atoms with Crippen LogP contribution in [0, 0.1) is 11.7 Å². The van der Waals surface area contributed by atoms with Crippen molar-refractivity contribution in [1.29, 1.82) is 0 Å². The van der Waals surface area contributed by atoms with Gasteiger partial charge in [-0.15, -0.1) is 0 Å². The molecule has 3 nitrogen and oxygen atoms in total. The summed E-state index contributed by atoms with van der Waals surface area (Å²) in [5, 5.41) is 3.57. The number of benzene rings is 1. The lowest BCUT2D eigenvalue weighted by Crippen LogP contribution is -2.27. The van der Waals surface area contributed by atoms with Gasteiger partial charge in [-0.3, -0.25) is 0 Å². The Labute approximate surface area is 111 Å². The second-order valence-electron chi connectivity index (χ2n) is 4.33. The maximum atomic E-state index is 13.4. The van der Waals surface area contributed by atoms with Crippen molar-refractivity contribution in [3.8, 4) is 5.75 Å². The molecular formula is C13H17ClFNO2. The molecule has 1 aliphatic rings. The summed E-state index contributed by atoms with van der Waals surface area (Å²) in [6.07, 6.45) is 1.10. The average Bonchev–Trinajstić information content (AvgIpc) is 2.85. The molecule has 1 fully saturated rings. The fourth-order valence-corrected chi connectivity index (χ4v) is 2.11. The van der Waals surface area contributed by atoms with E-state index in [1.807, 2.05) is 0 Å². The molecule has 18 heavy (non-hydrogen) atoms. The fourth-order valence-electron chi connectivity index (χ4n) is 1.90. The molecule has 1 unspecified atom stereocenters. The smallest absolute Gasteiger partial charge is 0.173 e. The second-order valence-corrected chi connectivity index (χ2v) is 4.74. The van der Waals surface area contributed by atoms with Crippen molar-refractivity contribution in [2.24, 2.45) is 5.92 Å². The quantitative estimate of drug-likeness (QED) is 0.808. The summed E-state index contributed by atoms with van der Waals surface area (Å²) >= 11 is 5.84. The monoisotopic (exact) mass is 273 g/mol. The maximum absolute atomic E-state index is 13.4. The Kier molecular flexibility index (Phi) is 5.23. The van der Waals surface area contributed by atoms with Gasteiger partial charge in [-0.25, -0.2) is 4.39 Å². The highest BCUT2D eigenvalue weighted by molar-refractivity contribution is 6.32. The van der Waals surface area contributed by atoms with Crippen LogP contribution in [-0.4, -0.2) is 32.9 Å². The Morgan fingerprint density at radius 2 is 2.39 bits per heavy atom. The van der Waals surface area contributed by atoms with E-state index in [2.05, 4.69) is 5.32 Å². The molecule has 0 saturated carbocycles. The lowest BCUT2D eigenvalue weighted by molar-refractivity contribution is 0.184. The Hall–Kier alpha value is -0.840. The zero-order chi connectivity index (χ0) is 12.8. The number of para-hydroxylation sites is 1. The van der Waals surface area contributed by atoms with Gasteiger partial charge < -0.3 is 14.8 Å². The topological polar surface area (TPSA) is 30.5 Å². The third-order valence-electron chi connectivity index (χ3n) is 2.90. The van der Waals surface area contributed by atoms with E-state index < -0.39 is 5.82 Å². The van der Waals surface area contributed by atoms with Gasteiger partial charge >= 0.3 is 0 Å². The lowest BCUT2D eigenvalue weighted by atomic mass is 10.1. The summed E-state index contributed by atoms with van der Waals surface area (Å²) in [5.41, 5.74) is 0. The standard InChI is InChI=1S/C13H17ClFNO2/c14-11-2-1-3-12(15)13(11)18-7-5-16-8-10-4-6-17-9-10/h1-3,10,16H,4-9H2. The molecule has 1 aromatic rings. The summed E-state index contributed by atoms with van der Waals surface area (Å²) < 4.78 is 24.0. The van der Waals surface area contributed by atoms with Gasteiger partial charge in [0, 0.05) is 19.7 Å². The largest absolute Gasteiger partial charge is 0.488 e. The average molecular weight is 274 g/mol. The van der Waals surface area contributed by atoms with Crippen LogP contribution in [0.4, 0.5) is 4.39 Å². The minimum absolute atomic E-state index is 0.130. The molecule has 1 saturated heterocycles. The molecule has 100 valence electrons. The fraction of sp³-hybridized carbons (Fsp3) is 0.538. The Balaban J connectivity index is 1.65. The summed E-state index contributed by atoms with van der Waals surface area (Å²) in [7, 11) is 0. The Morgan fingerprint density at radius 1 is 1.50 bits per heavy atom. The third kappa shape index (κ3) is 3.83. The third-order valence-corrected chi connectivity index (χ3v) is 3.20. The summed E-state index contributed by atoms with van der Waals surface area (Å²) in [5.74, 6) is 0.291. The molecule has 0 bridgehead atoms. The van der Waals surface area contributed by atoms with E-state index in [9.17, 15) is 4.39 Å². The molecule has 0 amide bonds. The molecule has 1 atom stereocenters. The molecule has 1 heterocycles. The SMILES string of the molecule is Fc1cccc(Cl)c1OCCNCC1CCOC1. The van der Waals surface area contributed by atoms with Gasteiger partial charge in [-0.05, 0) is 24.5 Å². The van der Waals surface area contributed by atoms with Crippen molar-refractivity contribution in [1.82, 2.24) is 5.32 Å². The van der Waals surface area contributed by atoms with Crippen LogP contribution in [0.2, 0.25) is 5.02 Å². The van der Waals surface area contributed by atoms with Crippen LogP contribution in [0.25, 0.3) is 0 Å². The van der Waals surface area contributed by atoms with E-state index in [0.29, 0.717) is 24.1 Å². The van der Waals surface area contributed by atoms with Crippen molar-refractivity contribution in [2.75, 3.05) is 32.9 Å². The first-order valence-corrected chi connectivity index (χ1v) is 6.50. The van der Waals surface area contributed by atoms with Gasteiger partial charge in [0.1, 0.15) is 6.61 Å². The van der Waals surface area contributed by atoms with Crippen molar-refractivity contribution in [3.63, 3.8) is 0 Å². The van der Waals surface area contributed by atoms with Crippen LogP contribution in [0.3, 0.4) is 0 Å². The summed E-state index contributed by atoms with van der Waals surface area (Å²) in [6, 6.07) is 4.51. The lowest BCUT2D eigenvalue weighted by Gasteiger charge is -2.11. The molecule has 1 aromatic carbocycles. The Morgan fingerprint density at radius 3 is 3.11 bits per heavy atom. The number of ether oxygens (including phenoxy) is 2. The van der Waals surface area contributed by atoms with Crippen LogP contribution >= 0.6 is 11.6 Å². The molecule has 0 aromatic heterocycles. The predicted octanol–water partition coefficient (Wildman–Crippen LogP) is 2.48. The van der Waals surface area contributed by atoms with Crippen LogP contribution < -0.4 is 10.1 Å². The summed E-state index contributed by atoms with van der Waals surface area (Å²) in [4.78, 5) is 0. The molecule has 0 radical (unpaired) electrons. The van der Waals surface area contributed by atoms with Crippen LogP contribution in [0.5, 0.6) is 5.75 Å². The zero-order valence-corrected chi connectivity index (χ0v) is 10.9. The molecular weight excluding hydrogens is 257 g/mol. The number of rotatable bonds is 6. The number of hydrogen-bond acceptors (Lipinski definition) is 3. The van der Waals surface area contributed by atoms with Gasteiger partial charge in [0.05, 0.1) is 11.6 Å². The zero-order valence-electron chi connectivity index (χ0n) is 10.1. The highest BCUT2D eigenvalue weighted by atomic mass is 35.5. The first-order valence-electron chi connectivity index (χ1n) is 6.12. The van der Waals surface area contributed by atoms with Crippen molar-refractivity contribution < 1.29 is 13.9 Å². The van der Waals surface area contributed by atoms with E-state index >= 15 is 0 Å². The highest BCUT2D eigenvalue weighted by Crippen LogP contribution is 2.26. The molecule has 1 N–H and O–H groups in total. The second kappa shape index (κ2) is 6.92. The van der Waals surface area contributed by atoms with Crippen molar-refractivity contribution in [2.45, 2.75) is 6.42 Å². The van der Waals surface area contributed by atoms with Crippen LogP contribution in [0.15, 0.2) is 18.2 Å². The molecule has 2 rings (SSSR count). The van der Waals surface area contributed by atoms with Gasteiger partial charge in [-0.1, -0.05) is 17.7 Å². The van der Waals surface area contributed by atoms with E-state index in [4.69, 9.17) is 21.1 Å². The Bertz CT molecular complexity index is 363. The minimum Gasteiger partial charge on any atom is -0.488 e.